The van der Waals surface area contributed by atoms with Crippen molar-refractivity contribution >= 4 is 11.9 Å². The second kappa shape index (κ2) is 13.6. The molecule has 0 radical (unpaired) electrons. The van der Waals surface area contributed by atoms with Crippen LogP contribution in [0.5, 0.6) is 17.2 Å². The van der Waals surface area contributed by atoms with E-state index in [9.17, 15) is 4.79 Å². The molecule has 1 aromatic rings. The second-order valence-electron chi connectivity index (χ2n) is 6.61. The van der Waals surface area contributed by atoms with Crippen molar-refractivity contribution in [2.24, 2.45) is 0 Å². The smallest absolute Gasteiger partial charge is 0.204 e. The van der Waals surface area contributed by atoms with Crippen LogP contribution < -0.4 is 14.2 Å². The molecular weight excluding hydrogens is 412 g/mol. The topological polar surface area (TPSA) is 72.5 Å². The average molecular weight is 449 g/mol. The first-order valence-electron chi connectivity index (χ1n) is 10.6. The summed E-state index contributed by atoms with van der Waals surface area (Å²) in [5.74, 6) is 1.58. The maximum absolute atomic E-state index is 13.1. The Balaban J connectivity index is 0.00000249. The summed E-state index contributed by atoms with van der Waals surface area (Å²) in [6.07, 6.45) is 5.51. The van der Waals surface area contributed by atoms with Crippen LogP contribution in [0.15, 0.2) is 41.7 Å². The highest BCUT2D eigenvalue weighted by Crippen LogP contribution is 2.40. The maximum atomic E-state index is 13.1. The molecule has 3 unspecified atom stereocenters. The zero-order valence-electron chi connectivity index (χ0n) is 20.6. The molecule has 0 saturated carbocycles. The zero-order chi connectivity index (χ0) is 24.3. The van der Waals surface area contributed by atoms with Crippen molar-refractivity contribution in [2.45, 2.75) is 46.0 Å². The van der Waals surface area contributed by atoms with Crippen molar-refractivity contribution in [1.29, 1.82) is 0 Å². The van der Waals surface area contributed by atoms with E-state index in [1.165, 1.54) is 7.11 Å². The summed E-state index contributed by atoms with van der Waals surface area (Å²) in [4.78, 5) is 13.1. The van der Waals surface area contributed by atoms with E-state index in [4.69, 9.17) is 28.4 Å². The highest BCUT2D eigenvalue weighted by atomic mass is 16.6. The van der Waals surface area contributed by atoms with Crippen molar-refractivity contribution in [3.05, 3.63) is 47.3 Å². The zero-order valence-corrected chi connectivity index (χ0v) is 20.6. The van der Waals surface area contributed by atoms with Crippen LogP contribution in [0.3, 0.4) is 0 Å². The van der Waals surface area contributed by atoms with Crippen LogP contribution in [0.1, 0.15) is 33.3 Å². The molecule has 0 saturated heterocycles. The summed E-state index contributed by atoms with van der Waals surface area (Å²) in [7, 11) is 7.72. The summed E-state index contributed by atoms with van der Waals surface area (Å²) in [6.45, 7) is 7.59. The van der Waals surface area contributed by atoms with Gasteiger partial charge in [-0.25, -0.2) is 0 Å². The Kier molecular flexibility index (Phi) is 11.6. The van der Waals surface area contributed by atoms with Crippen molar-refractivity contribution in [2.75, 3.05) is 35.5 Å². The third kappa shape index (κ3) is 6.37. The number of carbonyl (C=O) groups is 1. The van der Waals surface area contributed by atoms with Gasteiger partial charge in [-0.1, -0.05) is 26.0 Å². The molecule has 0 aliphatic heterocycles. The quantitative estimate of drug-likeness (QED) is 0.518. The van der Waals surface area contributed by atoms with Gasteiger partial charge >= 0.3 is 0 Å². The fourth-order valence-electron chi connectivity index (χ4n) is 3.25. The lowest BCUT2D eigenvalue weighted by atomic mass is 9.95. The average Bonchev–Trinajstić information content (AvgIpc) is 2.84. The van der Waals surface area contributed by atoms with Crippen molar-refractivity contribution in [3.8, 4) is 17.2 Å². The molecule has 2 rings (SSSR count). The van der Waals surface area contributed by atoms with Crippen LogP contribution >= 0.6 is 0 Å². The van der Waals surface area contributed by atoms with E-state index in [-0.39, 0.29) is 5.78 Å². The number of hydrogen-bond acceptors (Lipinski definition) is 7. The highest BCUT2D eigenvalue weighted by Gasteiger charge is 2.32. The van der Waals surface area contributed by atoms with Gasteiger partial charge in [0.15, 0.2) is 17.6 Å². The number of methoxy groups -OCH3 is 5. The van der Waals surface area contributed by atoms with Gasteiger partial charge in [-0.15, -0.1) is 0 Å². The Morgan fingerprint density at radius 2 is 1.56 bits per heavy atom. The third-order valence-corrected chi connectivity index (χ3v) is 4.77. The molecule has 1 aliphatic carbocycles. The number of benzene rings is 1. The Hall–Kier alpha value is -2.77. The lowest BCUT2D eigenvalue weighted by Gasteiger charge is -2.28. The Labute approximate surface area is 191 Å². The Bertz CT molecular complexity index is 814. The minimum Gasteiger partial charge on any atom is -0.498 e. The summed E-state index contributed by atoms with van der Waals surface area (Å²) in [6, 6.07) is 3.64. The number of rotatable bonds is 10. The summed E-state index contributed by atoms with van der Waals surface area (Å²) < 4.78 is 33.2. The molecule has 7 nitrogen and oxygen atoms in total. The number of hydrogen-bond donors (Lipinski definition) is 0. The highest BCUT2D eigenvalue weighted by molar-refractivity contribution is 6.01. The first-order valence-corrected chi connectivity index (χ1v) is 10.6. The molecule has 0 heterocycles. The lowest BCUT2D eigenvalue weighted by molar-refractivity contribution is -0.121. The van der Waals surface area contributed by atoms with Crippen LogP contribution in [-0.2, 0) is 19.0 Å². The standard InChI is InChI=1S/C23H30O7.C2H6/c1-8-9-15-10-17(25-3)23(18(11-15)26-4)30-14(2)21(24)16-12-19(27-5)22(29-7)20(13-16)28-6;1-2/h8-14,19,22H,1-7H3;1-2H3/b9-8+;. The van der Waals surface area contributed by atoms with Gasteiger partial charge < -0.3 is 28.4 Å². The van der Waals surface area contributed by atoms with E-state index in [2.05, 4.69) is 0 Å². The van der Waals surface area contributed by atoms with Gasteiger partial charge in [0.1, 0.15) is 18.0 Å². The molecule has 0 fully saturated rings. The molecule has 0 amide bonds. The predicted molar refractivity (Wildman–Crippen MR) is 125 cm³/mol. The Morgan fingerprint density at radius 1 is 0.969 bits per heavy atom. The number of allylic oxidation sites excluding steroid dienone is 2. The van der Waals surface area contributed by atoms with Gasteiger partial charge in [-0.05, 0) is 43.7 Å². The fourth-order valence-corrected chi connectivity index (χ4v) is 3.25. The number of ether oxygens (including phenoxy) is 6. The third-order valence-electron chi connectivity index (χ3n) is 4.77. The number of Topliss-reactive ketones (excluding diaryl/α,β-unsaturated/α-hetero) is 1. The molecule has 7 heteroatoms. The molecule has 0 N–H and O–H groups in total. The Morgan fingerprint density at radius 3 is 2.00 bits per heavy atom. The van der Waals surface area contributed by atoms with Crippen molar-refractivity contribution < 1.29 is 33.2 Å². The van der Waals surface area contributed by atoms with Crippen LogP contribution in [0.25, 0.3) is 6.08 Å². The fraction of sp³-hybridized carbons (Fsp3) is 0.480. The van der Waals surface area contributed by atoms with E-state index in [0.29, 0.717) is 28.6 Å². The van der Waals surface area contributed by atoms with E-state index >= 15 is 0 Å². The van der Waals surface area contributed by atoms with Gasteiger partial charge in [0.25, 0.3) is 0 Å². The molecule has 3 atom stereocenters. The predicted octanol–water partition coefficient (Wildman–Crippen LogP) is 4.60. The molecule has 1 aliphatic rings. The van der Waals surface area contributed by atoms with Crippen LogP contribution in [-0.4, -0.2) is 59.6 Å². The van der Waals surface area contributed by atoms with Crippen LogP contribution in [0, 0.1) is 0 Å². The molecule has 1 aromatic carbocycles. The SMILES string of the molecule is C/C=C/c1cc(OC)c(OC(C)C(=O)C2=CC(OC)C(OC)C(OC)=C2)c(OC)c1.CC. The van der Waals surface area contributed by atoms with Gasteiger partial charge in [-0.3, -0.25) is 4.79 Å². The largest absolute Gasteiger partial charge is 0.498 e. The van der Waals surface area contributed by atoms with Gasteiger partial charge in [-0.2, -0.15) is 0 Å². The molecule has 0 aromatic heterocycles. The lowest BCUT2D eigenvalue weighted by Crippen LogP contribution is -2.36. The minimum absolute atomic E-state index is 0.234. The monoisotopic (exact) mass is 448 g/mol. The summed E-state index contributed by atoms with van der Waals surface area (Å²) in [5.41, 5.74) is 1.32. The van der Waals surface area contributed by atoms with E-state index in [1.807, 2.05) is 45.1 Å². The first kappa shape index (κ1) is 27.3. The normalized spacial score (nSPS) is 18.7. The van der Waals surface area contributed by atoms with Gasteiger partial charge in [0, 0.05) is 19.8 Å². The van der Waals surface area contributed by atoms with Crippen molar-refractivity contribution in [3.63, 3.8) is 0 Å². The molecular formula is C25H36O7. The number of carbonyl (C=O) groups excluding carboxylic acids is 1. The summed E-state index contributed by atoms with van der Waals surface area (Å²) in [5, 5.41) is 0. The molecule has 178 valence electrons. The van der Waals surface area contributed by atoms with Gasteiger partial charge in [0.05, 0.1) is 21.3 Å². The molecule has 0 spiro atoms. The molecule has 0 bridgehead atoms. The van der Waals surface area contributed by atoms with E-state index < -0.39 is 18.3 Å². The molecule has 32 heavy (non-hydrogen) atoms. The van der Waals surface area contributed by atoms with E-state index in [1.54, 1.807) is 47.5 Å². The van der Waals surface area contributed by atoms with E-state index in [0.717, 1.165) is 5.56 Å². The van der Waals surface area contributed by atoms with Crippen molar-refractivity contribution in [1.82, 2.24) is 0 Å². The first-order chi connectivity index (χ1) is 15.4. The van der Waals surface area contributed by atoms with Gasteiger partial charge in [0.2, 0.25) is 11.5 Å². The maximum Gasteiger partial charge on any atom is 0.204 e. The summed E-state index contributed by atoms with van der Waals surface area (Å²) >= 11 is 0. The van der Waals surface area contributed by atoms with Crippen LogP contribution in [0.4, 0.5) is 0 Å². The van der Waals surface area contributed by atoms with Crippen LogP contribution in [0.2, 0.25) is 0 Å². The minimum atomic E-state index is -0.808. The second-order valence-corrected chi connectivity index (χ2v) is 6.61. The number of ketones is 1.